The molecule has 0 aromatic heterocycles. The molecule has 1 N–H and O–H groups in total. The third-order valence-electron chi connectivity index (χ3n) is 4.79. The van der Waals surface area contributed by atoms with Crippen LogP contribution >= 0.6 is 0 Å². The highest BCUT2D eigenvalue weighted by molar-refractivity contribution is 5.90. The van der Waals surface area contributed by atoms with Crippen molar-refractivity contribution in [2.45, 2.75) is 52.4 Å². The number of ether oxygens (including phenoxy) is 2. The van der Waals surface area contributed by atoms with Gasteiger partial charge in [-0.05, 0) is 67.1 Å². The van der Waals surface area contributed by atoms with Gasteiger partial charge in [0, 0.05) is 12.1 Å². The van der Waals surface area contributed by atoms with Gasteiger partial charge in [-0.2, -0.15) is 0 Å². The molecule has 0 aliphatic carbocycles. The van der Waals surface area contributed by atoms with Gasteiger partial charge >= 0.3 is 0 Å². The van der Waals surface area contributed by atoms with Crippen LogP contribution in [-0.4, -0.2) is 19.1 Å². The first-order chi connectivity index (χ1) is 12.9. The first-order valence-electron chi connectivity index (χ1n) is 9.70. The van der Waals surface area contributed by atoms with Crippen LogP contribution in [0.1, 0.15) is 52.5 Å². The molecule has 0 saturated heterocycles. The topological polar surface area (TPSA) is 47.6 Å². The van der Waals surface area contributed by atoms with Gasteiger partial charge in [-0.25, -0.2) is 0 Å². The fourth-order valence-electron chi connectivity index (χ4n) is 2.65. The number of rotatable bonds is 10. The van der Waals surface area contributed by atoms with Gasteiger partial charge < -0.3 is 14.8 Å². The summed E-state index contributed by atoms with van der Waals surface area (Å²) in [5.74, 6) is 1.64. The molecule has 27 heavy (non-hydrogen) atoms. The fraction of sp³-hybridized carbons (Fsp3) is 0.435. The van der Waals surface area contributed by atoms with Crippen LogP contribution in [0.15, 0.2) is 48.5 Å². The Kier molecular flexibility index (Phi) is 7.71. The molecule has 1 amide bonds. The number of carbonyl (C=O) groups is 1. The number of hydrogen-bond acceptors (Lipinski definition) is 3. The minimum atomic E-state index is -0.0113. The lowest BCUT2D eigenvalue weighted by Gasteiger charge is -2.23. The van der Waals surface area contributed by atoms with Crippen LogP contribution in [0.25, 0.3) is 0 Å². The van der Waals surface area contributed by atoms with Gasteiger partial charge in [0.2, 0.25) is 5.91 Å². The van der Waals surface area contributed by atoms with E-state index in [1.165, 1.54) is 5.56 Å². The van der Waals surface area contributed by atoms with Crippen molar-refractivity contribution < 1.29 is 14.3 Å². The maximum absolute atomic E-state index is 12.0. The van der Waals surface area contributed by atoms with E-state index in [4.69, 9.17) is 9.47 Å². The molecule has 2 rings (SSSR count). The van der Waals surface area contributed by atoms with Gasteiger partial charge in [0.05, 0.1) is 13.2 Å². The minimum absolute atomic E-state index is 0.0113. The van der Waals surface area contributed by atoms with Crippen LogP contribution in [0.5, 0.6) is 11.5 Å². The smallest absolute Gasteiger partial charge is 0.224 e. The summed E-state index contributed by atoms with van der Waals surface area (Å²) < 4.78 is 11.1. The lowest BCUT2D eigenvalue weighted by Crippen LogP contribution is -2.15. The van der Waals surface area contributed by atoms with Crippen LogP contribution in [0, 0.1) is 0 Å². The van der Waals surface area contributed by atoms with E-state index >= 15 is 0 Å². The first-order valence-corrected chi connectivity index (χ1v) is 9.70. The zero-order valence-electron chi connectivity index (χ0n) is 16.9. The zero-order valence-corrected chi connectivity index (χ0v) is 16.9. The van der Waals surface area contributed by atoms with Crippen LogP contribution in [0.3, 0.4) is 0 Å². The summed E-state index contributed by atoms with van der Waals surface area (Å²) in [7, 11) is 0. The van der Waals surface area contributed by atoms with Crippen molar-refractivity contribution in [3.63, 3.8) is 0 Å². The monoisotopic (exact) mass is 369 g/mol. The Bertz CT molecular complexity index is 705. The highest BCUT2D eigenvalue weighted by Gasteiger charge is 2.17. The standard InChI is InChI=1S/C23H31NO3/c1-5-23(3,4)18-9-13-21(14-10-18)27-17-7-8-22(25)24-19-11-15-20(16-12-19)26-6-2/h9-16H,5-8,17H2,1-4H3,(H,24,25). The highest BCUT2D eigenvalue weighted by Crippen LogP contribution is 2.28. The molecule has 0 saturated carbocycles. The third-order valence-corrected chi connectivity index (χ3v) is 4.79. The van der Waals surface area contributed by atoms with Crippen molar-refractivity contribution in [3.05, 3.63) is 54.1 Å². The predicted molar refractivity (Wildman–Crippen MR) is 111 cm³/mol. The second-order valence-electron chi connectivity index (χ2n) is 7.22. The van der Waals surface area contributed by atoms with Crippen molar-refractivity contribution in [1.82, 2.24) is 0 Å². The molecular weight excluding hydrogens is 338 g/mol. The second-order valence-corrected chi connectivity index (χ2v) is 7.22. The molecule has 0 heterocycles. The summed E-state index contributed by atoms with van der Waals surface area (Å²) in [6, 6.07) is 15.7. The summed E-state index contributed by atoms with van der Waals surface area (Å²) in [4.78, 5) is 12.0. The van der Waals surface area contributed by atoms with Crippen LogP contribution in [0.2, 0.25) is 0 Å². The molecule has 0 aliphatic heterocycles. The Labute approximate surface area is 162 Å². The lowest BCUT2D eigenvalue weighted by atomic mass is 9.82. The molecule has 0 spiro atoms. The average molecular weight is 370 g/mol. The van der Waals surface area contributed by atoms with E-state index in [1.807, 2.05) is 43.3 Å². The SMILES string of the molecule is CCOc1ccc(NC(=O)CCCOc2ccc(C(C)(C)CC)cc2)cc1. The normalized spacial score (nSPS) is 11.1. The van der Waals surface area contributed by atoms with E-state index < -0.39 is 0 Å². The van der Waals surface area contributed by atoms with Gasteiger partial charge in [0.1, 0.15) is 11.5 Å². The van der Waals surface area contributed by atoms with Gasteiger partial charge in [-0.15, -0.1) is 0 Å². The highest BCUT2D eigenvalue weighted by atomic mass is 16.5. The van der Waals surface area contributed by atoms with E-state index in [0.717, 1.165) is 23.6 Å². The Morgan fingerprint density at radius 2 is 1.52 bits per heavy atom. The minimum Gasteiger partial charge on any atom is -0.494 e. The summed E-state index contributed by atoms with van der Waals surface area (Å²) in [6.07, 6.45) is 2.19. The maximum atomic E-state index is 12.0. The molecule has 0 radical (unpaired) electrons. The van der Waals surface area contributed by atoms with Crippen molar-refractivity contribution in [3.8, 4) is 11.5 Å². The van der Waals surface area contributed by atoms with Gasteiger partial charge in [-0.1, -0.05) is 32.9 Å². The third kappa shape index (κ3) is 6.63. The number of amides is 1. The molecule has 0 atom stereocenters. The molecule has 146 valence electrons. The number of nitrogens with one attached hydrogen (secondary N) is 1. The van der Waals surface area contributed by atoms with E-state index in [0.29, 0.717) is 26.1 Å². The van der Waals surface area contributed by atoms with Crippen LogP contribution in [-0.2, 0) is 10.2 Å². The van der Waals surface area contributed by atoms with Crippen LogP contribution < -0.4 is 14.8 Å². The largest absolute Gasteiger partial charge is 0.494 e. The Hall–Kier alpha value is -2.49. The maximum Gasteiger partial charge on any atom is 0.224 e. The van der Waals surface area contributed by atoms with E-state index in [-0.39, 0.29) is 11.3 Å². The van der Waals surface area contributed by atoms with Crippen molar-refractivity contribution in [2.75, 3.05) is 18.5 Å². The quantitative estimate of drug-likeness (QED) is 0.557. The molecule has 4 heteroatoms. The predicted octanol–water partition coefficient (Wildman–Crippen LogP) is 5.57. The molecule has 2 aromatic carbocycles. The molecule has 0 bridgehead atoms. The molecule has 0 aliphatic rings. The number of anilines is 1. The van der Waals surface area contributed by atoms with Gasteiger partial charge in [0.25, 0.3) is 0 Å². The van der Waals surface area contributed by atoms with E-state index in [2.05, 4.69) is 38.2 Å². The van der Waals surface area contributed by atoms with Crippen LogP contribution in [0.4, 0.5) is 5.69 Å². The van der Waals surface area contributed by atoms with Crippen molar-refractivity contribution in [1.29, 1.82) is 0 Å². The summed E-state index contributed by atoms with van der Waals surface area (Å²) in [5.41, 5.74) is 2.27. The first kappa shape index (κ1) is 20.8. The van der Waals surface area contributed by atoms with Gasteiger partial charge in [0.15, 0.2) is 0 Å². The number of carbonyl (C=O) groups excluding carboxylic acids is 1. The second kappa shape index (κ2) is 10.0. The summed E-state index contributed by atoms with van der Waals surface area (Å²) >= 11 is 0. The molecule has 2 aromatic rings. The van der Waals surface area contributed by atoms with E-state index in [1.54, 1.807) is 0 Å². The number of hydrogen-bond donors (Lipinski definition) is 1. The Morgan fingerprint density at radius 1 is 0.926 bits per heavy atom. The Morgan fingerprint density at radius 3 is 2.11 bits per heavy atom. The molecule has 4 nitrogen and oxygen atoms in total. The van der Waals surface area contributed by atoms with Crippen molar-refractivity contribution in [2.24, 2.45) is 0 Å². The molecule has 0 unspecified atom stereocenters. The number of benzene rings is 2. The summed E-state index contributed by atoms with van der Waals surface area (Å²) in [6.45, 7) is 9.77. The van der Waals surface area contributed by atoms with Crippen molar-refractivity contribution >= 4 is 11.6 Å². The Balaban J connectivity index is 1.70. The van der Waals surface area contributed by atoms with Gasteiger partial charge in [-0.3, -0.25) is 4.79 Å². The lowest BCUT2D eigenvalue weighted by molar-refractivity contribution is -0.116. The molecule has 0 fully saturated rings. The summed E-state index contributed by atoms with van der Waals surface area (Å²) in [5, 5.41) is 2.89. The molecular formula is C23H31NO3. The van der Waals surface area contributed by atoms with E-state index in [9.17, 15) is 4.79 Å². The fourth-order valence-corrected chi connectivity index (χ4v) is 2.65. The zero-order chi connectivity index (χ0) is 19.7. The average Bonchev–Trinajstić information content (AvgIpc) is 2.67.